The lowest BCUT2D eigenvalue weighted by Crippen LogP contribution is -2.48. The summed E-state index contributed by atoms with van der Waals surface area (Å²) in [5.41, 5.74) is 0.146. The van der Waals surface area contributed by atoms with Crippen LogP contribution in [0, 0.1) is 0 Å². The summed E-state index contributed by atoms with van der Waals surface area (Å²) in [5, 5.41) is 11.2. The van der Waals surface area contributed by atoms with Crippen molar-refractivity contribution in [2.24, 2.45) is 0 Å². The lowest BCUT2D eigenvalue weighted by atomic mass is 9.96. The summed E-state index contributed by atoms with van der Waals surface area (Å²) < 4.78 is 0. The largest absolute Gasteiger partial charge is 0.388 e. The minimum Gasteiger partial charge on any atom is -0.388 e. The molecule has 0 bridgehead atoms. The molecule has 1 saturated heterocycles. The number of carbonyl (C=O) groups is 1. The Hall–Kier alpha value is -0.770. The maximum absolute atomic E-state index is 12.4. The zero-order chi connectivity index (χ0) is 15.6. The molecular weight excluding hydrogens is 309 g/mol. The molecule has 0 aliphatic carbocycles. The smallest absolute Gasteiger partial charge is 0.223 e. The molecular formula is C16H21Cl2NO2. The number of hydrogen-bond acceptors (Lipinski definition) is 2. The van der Waals surface area contributed by atoms with Gasteiger partial charge in [-0.2, -0.15) is 0 Å². The maximum Gasteiger partial charge on any atom is 0.223 e. The lowest BCUT2D eigenvalue weighted by Gasteiger charge is -2.34. The van der Waals surface area contributed by atoms with Gasteiger partial charge in [0.05, 0.1) is 21.7 Å². The average molecular weight is 330 g/mol. The van der Waals surface area contributed by atoms with Crippen molar-refractivity contribution >= 4 is 29.1 Å². The minimum absolute atomic E-state index is 0.0844. The molecule has 1 aromatic carbocycles. The molecule has 3 nitrogen and oxygen atoms in total. The second kappa shape index (κ2) is 6.55. The number of nitrogens with zero attached hydrogens (tertiary/aromatic N) is 1. The lowest BCUT2D eigenvalue weighted by molar-refractivity contribution is -0.136. The molecule has 1 atom stereocenters. The topological polar surface area (TPSA) is 40.5 Å². The number of rotatable bonds is 4. The second-order valence-corrected chi connectivity index (χ2v) is 6.96. The third kappa shape index (κ3) is 4.12. The predicted octanol–water partition coefficient (Wildman–Crippen LogP) is 3.69. The van der Waals surface area contributed by atoms with Crippen LogP contribution in [-0.4, -0.2) is 34.1 Å². The number of hydrogen-bond donors (Lipinski definition) is 1. The highest BCUT2D eigenvalue weighted by atomic mass is 35.5. The fraction of sp³-hybridized carbons (Fsp3) is 0.562. The van der Waals surface area contributed by atoms with Crippen molar-refractivity contribution in [3.05, 3.63) is 33.8 Å². The number of benzene rings is 1. The second-order valence-electron chi connectivity index (χ2n) is 6.15. The molecule has 1 aliphatic rings. The van der Waals surface area contributed by atoms with Gasteiger partial charge in [0.1, 0.15) is 0 Å². The van der Waals surface area contributed by atoms with Gasteiger partial charge in [-0.25, -0.2) is 0 Å². The molecule has 0 radical (unpaired) electrons. The van der Waals surface area contributed by atoms with Crippen LogP contribution >= 0.6 is 23.2 Å². The summed E-state index contributed by atoms with van der Waals surface area (Å²) in [6.45, 7) is 4.26. The quantitative estimate of drug-likeness (QED) is 0.915. The Morgan fingerprint density at radius 2 is 2.10 bits per heavy atom. The van der Waals surface area contributed by atoms with Crippen LogP contribution in [0.2, 0.25) is 10.0 Å². The Morgan fingerprint density at radius 3 is 2.71 bits per heavy atom. The number of aryl methyl sites for hydroxylation is 1. The van der Waals surface area contributed by atoms with Gasteiger partial charge in [0, 0.05) is 13.0 Å². The molecule has 2 rings (SSSR count). The fourth-order valence-corrected chi connectivity index (χ4v) is 3.21. The fourth-order valence-electron chi connectivity index (χ4n) is 2.89. The molecule has 1 N–H and O–H groups in total. The molecule has 5 heteroatoms. The van der Waals surface area contributed by atoms with Gasteiger partial charge in [0.2, 0.25) is 5.91 Å². The van der Waals surface area contributed by atoms with Crippen molar-refractivity contribution < 1.29 is 9.90 Å². The van der Waals surface area contributed by atoms with E-state index in [-0.39, 0.29) is 11.9 Å². The Bertz CT molecular complexity index is 525. The molecule has 0 saturated carbocycles. The molecule has 1 heterocycles. The zero-order valence-electron chi connectivity index (χ0n) is 12.4. The standard InChI is InChI=1S/C16H21Cl2NO2/c1-16(2,21)14-4-3-9-19(14)15(20)8-6-11-5-7-12(17)13(18)10-11/h5,7,10,14,21H,3-4,6,8-9H2,1-2H3. The normalized spacial score (nSPS) is 19.1. The SMILES string of the molecule is CC(C)(O)C1CCCN1C(=O)CCc1ccc(Cl)c(Cl)c1. The molecule has 1 unspecified atom stereocenters. The van der Waals surface area contributed by atoms with Crippen molar-refractivity contribution in [3.63, 3.8) is 0 Å². The van der Waals surface area contributed by atoms with Gasteiger partial charge in [0.25, 0.3) is 0 Å². The van der Waals surface area contributed by atoms with Crippen LogP contribution < -0.4 is 0 Å². The summed E-state index contributed by atoms with van der Waals surface area (Å²) in [5.74, 6) is 0.0886. The van der Waals surface area contributed by atoms with Crippen LogP contribution in [0.4, 0.5) is 0 Å². The van der Waals surface area contributed by atoms with E-state index in [0.717, 1.165) is 24.9 Å². The van der Waals surface area contributed by atoms with E-state index >= 15 is 0 Å². The van der Waals surface area contributed by atoms with Crippen molar-refractivity contribution in [3.8, 4) is 0 Å². The van der Waals surface area contributed by atoms with Gasteiger partial charge in [-0.15, -0.1) is 0 Å². The van der Waals surface area contributed by atoms with Crippen molar-refractivity contribution in [1.82, 2.24) is 4.90 Å². The minimum atomic E-state index is -0.851. The third-order valence-electron chi connectivity index (χ3n) is 4.00. The van der Waals surface area contributed by atoms with Gasteiger partial charge in [0.15, 0.2) is 0 Å². The number of likely N-dealkylation sites (tertiary alicyclic amines) is 1. The maximum atomic E-state index is 12.4. The highest BCUT2D eigenvalue weighted by Crippen LogP contribution is 2.28. The molecule has 0 aromatic heterocycles. The predicted molar refractivity (Wildman–Crippen MR) is 85.8 cm³/mol. The summed E-state index contributed by atoms with van der Waals surface area (Å²) in [7, 11) is 0. The highest BCUT2D eigenvalue weighted by Gasteiger charge is 2.37. The van der Waals surface area contributed by atoms with E-state index < -0.39 is 5.60 Å². The van der Waals surface area contributed by atoms with Crippen molar-refractivity contribution in [2.75, 3.05) is 6.54 Å². The highest BCUT2D eigenvalue weighted by molar-refractivity contribution is 6.42. The summed E-state index contributed by atoms with van der Waals surface area (Å²) in [6, 6.07) is 5.35. The molecule has 1 amide bonds. The van der Waals surface area contributed by atoms with E-state index in [4.69, 9.17) is 23.2 Å². The van der Waals surface area contributed by atoms with E-state index in [1.54, 1.807) is 26.0 Å². The van der Waals surface area contributed by atoms with Crippen LogP contribution in [-0.2, 0) is 11.2 Å². The Kier molecular flexibility index (Phi) is 5.18. The van der Waals surface area contributed by atoms with Gasteiger partial charge in [-0.3, -0.25) is 4.79 Å². The number of aliphatic hydroxyl groups is 1. The van der Waals surface area contributed by atoms with Crippen molar-refractivity contribution in [1.29, 1.82) is 0 Å². The number of halogens is 2. The number of amides is 1. The van der Waals surface area contributed by atoms with Gasteiger partial charge in [-0.1, -0.05) is 29.3 Å². The molecule has 1 aliphatic heterocycles. The van der Waals surface area contributed by atoms with E-state index in [0.29, 0.717) is 22.9 Å². The van der Waals surface area contributed by atoms with Crippen LogP contribution in [0.15, 0.2) is 18.2 Å². The van der Waals surface area contributed by atoms with Crippen molar-refractivity contribution in [2.45, 2.75) is 51.2 Å². The van der Waals surface area contributed by atoms with Crippen LogP contribution in [0.25, 0.3) is 0 Å². The summed E-state index contributed by atoms with van der Waals surface area (Å²) >= 11 is 11.9. The first-order chi connectivity index (χ1) is 9.79. The number of carbonyl (C=O) groups excluding carboxylic acids is 1. The average Bonchev–Trinajstić information content (AvgIpc) is 2.89. The Labute approximate surface area is 135 Å². The summed E-state index contributed by atoms with van der Waals surface area (Å²) in [4.78, 5) is 14.2. The van der Waals surface area contributed by atoms with E-state index in [9.17, 15) is 9.90 Å². The summed E-state index contributed by atoms with van der Waals surface area (Å²) in [6.07, 6.45) is 2.87. The zero-order valence-corrected chi connectivity index (χ0v) is 13.9. The van der Waals surface area contributed by atoms with Crippen LogP contribution in [0.5, 0.6) is 0 Å². The van der Waals surface area contributed by atoms with Gasteiger partial charge in [-0.05, 0) is 50.8 Å². The first-order valence-corrected chi connectivity index (χ1v) is 8.00. The molecule has 116 valence electrons. The van der Waals surface area contributed by atoms with Crippen LogP contribution in [0.3, 0.4) is 0 Å². The van der Waals surface area contributed by atoms with Gasteiger partial charge >= 0.3 is 0 Å². The molecule has 1 aromatic rings. The van der Waals surface area contributed by atoms with E-state index in [1.807, 2.05) is 11.0 Å². The van der Waals surface area contributed by atoms with Crippen LogP contribution in [0.1, 0.15) is 38.7 Å². The molecule has 21 heavy (non-hydrogen) atoms. The van der Waals surface area contributed by atoms with Gasteiger partial charge < -0.3 is 10.0 Å². The molecule has 1 fully saturated rings. The third-order valence-corrected chi connectivity index (χ3v) is 4.74. The first kappa shape index (κ1) is 16.6. The molecule has 0 spiro atoms. The van der Waals surface area contributed by atoms with E-state index in [1.165, 1.54) is 0 Å². The Morgan fingerprint density at radius 1 is 1.38 bits per heavy atom. The van der Waals surface area contributed by atoms with E-state index in [2.05, 4.69) is 0 Å². The monoisotopic (exact) mass is 329 g/mol. The Balaban J connectivity index is 1.96. The first-order valence-electron chi connectivity index (χ1n) is 7.25.